The van der Waals surface area contributed by atoms with E-state index in [-0.39, 0.29) is 18.0 Å². The molecule has 1 aromatic rings. The van der Waals surface area contributed by atoms with Gasteiger partial charge in [-0.1, -0.05) is 25.1 Å². The minimum atomic E-state index is -0.425. The van der Waals surface area contributed by atoms with Gasteiger partial charge < -0.3 is 10.2 Å². The number of nitrogens with zero attached hydrogens (tertiary/aromatic N) is 2. The highest BCUT2D eigenvalue weighted by Gasteiger charge is 2.24. The molecule has 1 saturated heterocycles. The predicted octanol–water partition coefficient (Wildman–Crippen LogP) is 1.99. The third kappa shape index (κ3) is 4.27. The lowest BCUT2D eigenvalue weighted by Gasteiger charge is -2.32. The molecular weight excluding hydrogens is 282 g/mol. The summed E-state index contributed by atoms with van der Waals surface area (Å²) in [5, 5.41) is 14.3. The summed E-state index contributed by atoms with van der Waals surface area (Å²) in [5.74, 6) is 0.603. The van der Waals surface area contributed by atoms with Crippen LogP contribution in [0.2, 0.25) is 0 Å². The van der Waals surface area contributed by atoms with Gasteiger partial charge in [-0.2, -0.15) is 0 Å². The number of amides is 1. The fraction of sp³-hybridized carbons (Fsp3) is 0.562. The summed E-state index contributed by atoms with van der Waals surface area (Å²) in [6.45, 7) is 5.55. The first-order valence-corrected chi connectivity index (χ1v) is 7.82. The van der Waals surface area contributed by atoms with Crippen LogP contribution in [0.1, 0.15) is 25.3 Å². The number of nitro benzene ring substituents is 1. The average molecular weight is 305 g/mol. The van der Waals surface area contributed by atoms with Crippen LogP contribution in [0.15, 0.2) is 24.3 Å². The SMILES string of the molecule is CCNCC1CCN(C(=O)Cc2ccccc2[N+](=O)[O-])CC1. The van der Waals surface area contributed by atoms with Crippen molar-refractivity contribution in [3.63, 3.8) is 0 Å². The van der Waals surface area contributed by atoms with E-state index in [0.29, 0.717) is 11.5 Å². The zero-order valence-corrected chi connectivity index (χ0v) is 13.0. The number of nitrogens with one attached hydrogen (secondary N) is 1. The molecule has 0 atom stereocenters. The number of para-hydroxylation sites is 1. The molecule has 1 amide bonds. The Balaban J connectivity index is 1.90. The summed E-state index contributed by atoms with van der Waals surface area (Å²) >= 11 is 0. The van der Waals surface area contributed by atoms with Crippen LogP contribution in [0.25, 0.3) is 0 Å². The number of carbonyl (C=O) groups is 1. The Bertz CT molecular complexity index is 525. The first-order valence-electron chi connectivity index (χ1n) is 7.82. The quantitative estimate of drug-likeness (QED) is 0.644. The van der Waals surface area contributed by atoms with Crippen LogP contribution < -0.4 is 5.32 Å². The maximum atomic E-state index is 12.4. The largest absolute Gasteiger partial charge is 0.342 e. The van der Waals surface area contributed by atoms with E-state index in [1.165, 1.54) is 6.07 Å². The normalized spacial score (nSPS) is 15.8. The van der Waals surface area contributed by atoms with Gasteiger partial charge in [-0.05, 0) is 31.8 Å². The maximum Gasteiger partial charge on any atom is 0.273 e. The van der Waals surface area contributed by atoms with Gasteiger partial charge in [0.15, 0.2) is 0 Å². The van der Waals surface area contributed by atoms with Crippen molar-refractivity contribution in [2.24, 2.45) is 5.92 Å². The number of hydrogen-bond donors (Lipinski definition) is 1. The second-order valence-corrected chi connectivity index (χ2v) is 5.69. The van der Waals surface area contributed by atoms with E-state index in [4.69, 9.17) is 0 Å². The number of benzene rings is 1. The van der Waals surface area contributed by atoms with Crippen LogP contribution >= 0.6 is 0 Å². The van der Waals surface area contributed by atoms with Gasteiger partial charge in [-0.25, -0.2) is 0 Å². The van der Waals surface area contributed by atoms with Crippen LogP contribution in [-0.2, 0) is 11.2 Å². The fourth-order valence-corrected chi connectivity index (χ4v) is 2.85. The van der Waals surface area contributed by atoms with Crippen molar-refractivity contribution in [3.05, 3.63) is 39.9 Å². The van der Waals surface area contributed by atoms with Gasteiger partial charge in [-0.15, -0.1) is 0 Å². The van der Waals surface area contributed by atoms with Crippen LogP contribution in [0.4, 0.5) is 5.69 Å². The van der Waals surface area contributed by atoms with Crippen LogP contribution in [0.5, 0.6) is 0 Å². The van der Waals surface area contributed by atoms with Crippen LogP contribution in [0.3, 0.4) is 0 Å². The van der Waals surface area contributed by atoms with Crippen molar-refractivity contribution in [1.82, 2.24) is 10.2 Å². The molecule has 1 aliphatic heterocycles. The smallest absolute Gasteiger partial charge is 0.273 e. The van der Waals surface area contributed by atoms with Gasteiger partial charge in [0.2, 0.25) is 5.91 Å². The van der Waals surface area contributed by atoms with Crippen LogP contribution in [-0.4, -0.2) is 41.9 Å². The molecule has 0 bridgehead atoms. The van der Waals surface area contributed by atoms with E-state index in [0.717, 1.165) is 39.0 Å². The molecule has 6 nitrogen and oxygen atoms in total. The van der Waals surface area contributed by atoms with Gasteiger partial charge in [0.1, 0.15) is 0 Å². The number of likely N-dealkylation sites (tertiary alicyclic amines) is 1. The molecule has 1 N–H and O–H groups in total. The van der Waals surface area contributed by atoms with E-state index in [2.05, 4.69) is 12.2 Å². The van der Waals surface area contributed by atoms with E-state index in [1.54, 1.807) is 18.2 Å². The van der Waals surface area contributed by atoms with Crippen molar-refractivity contribution < 1.29 is 9.72 Å². The predicted molar refractivity (Wildman–Crippen MR) is 84.6 cm³/mol. The Kier molecular flexibility index (Phi) is 5.89. The summed E-state index contributed by atoms with van der Waals surface area (Å²) in [6.07, 6.45) is 2.10. The van der Waals surface area contributed by atoms with Gasteiger partial charge in [-0.3, -0.25) is 14.9 Å². The third-order valence-corrected chi connectivity index (χ3v) is 4.18. The summed E-state index contributed by atoms with van der Waals surface area (Å²) in [6, 6.07) is 6.47. The number of rotatable bonds is 6. The summed E-state index contributed by atoms with van der Waals surface area (Å²) < 4.78 is 0. The zero-order chi connectivity index (χ0) is 15.9. The van der Waals surface area contributed by atoms with Crippen molar-refractivity contribution in [3.8, 4) is 0 Å². The molecule has 0 unspecified atom stereocenters. The lowest BCUT2D eigenvalue weighted by atomic mass is 9.96. The first-order chi connectivity index (χ1) is 10.6. The number of nitro groups is 1. The second kappa shape index (κ2) is 7.89. The van der Waals surface area contributed by atoms with E-state index >= 15 is 0 Å². The Morgan fingerprint density at radius 1 is 1.36 bits per heavy atom. The maximum absolute atomic E-state index is 12.4. The third-order valence-electron chi connectivity index (χ3n) is 4.18. The highest BCUT2D eigenvalue weighted by Crippen LogP contribution is 2.21. The molecule has 0 spiro atoms. The molecule has 0 aliphatic carbocycles. The molecule has 120 valence electrons. The van der Waals surface area contributed by atoms with E-state index in [9.17, 15) is 14.9 Å². The Morgan fingerprint density at radius 2 is 2.05 bits per heavy atom. The van der Waals surface area contributed by atoms with Crippen molar-refractivity contribution in [2.45, 2.75) is 26.2 Å². The average Bonchev–Trinajstić information content (AvgIpc) is 2.53. The second-order valence-electron chi connectivity index (χ2n) is 5.69. The summed E-state index contributed by atoms with van der Waals surface area (Å²) in [4.78, 5) is 24.8. The van der Waals surface area contributed by atoms with E-state index in [1.807, 2.05) is 4.90 Å². The highest BCUT2D eigenvalue weighted by atomic mass is 16.6. The molecule has 0 aromatic heterocycles. The molecule has 2 rings (SSSR count). The monoisotopic (exact) mass is 305 g/mol. The van der Waals surface area contributed by atoms with Gasteiger partial charge in [0.25, 0.3) is 5.69 Å². The molecule has 0 saturated carbocycles. The number of hydrogen-bond acceptors (Lipinski definition) is 4. The molecule has 1 aliphatic rings. The van der Waals surface area contributed by atoms with Crippen molar-refractivity contribution in [1.29, 1.82) is 0 Å². The Labute approximate surface area is 130 Å². The standard InChI is InChI=1S/C16H23N3O3/c1-2-17-12-13-7-9-18(10-8-13)16(20)11-14-5-3-4-6-15(14)19(21)22/h3-6,13,17H,2,7-12H2,1H3. The lowest BCUT2D eigenvalue weighted by Crippen LogP contribution is -2.41. The molecular formula is C16H23N3O3. The lowest BCUT2D eigenvalue weighted by molar-refractivity contribution is -0.385. The Hall–Kier alpha value is -1.95. The fourth-order valence-electron chi connectivity index (χ4n) is 2.85. The van der Waals surface area contributed by atoms with Crippen molar-refractivity contribution in [2.75, 3.05) is 26.2 Å². The van der Waals surface area contributed by atoms with Gasteiger partial charge >= 0.3 is 0 Å². The molecule has 1 fully saturated rings. The molecule has 1 aromatic carbocycles. The molecule has 1 heterocycles. The van der Waals surface area contributed by atoms with Gasteiger partial charge in [0, 0.05) is 24.7 Å². The topological polar surface area (TPSA) is 75.5 Å². The van der Waals surface area contributed by atoms with Crippen molar-refractivity contribution >= 4 is 11.6 Å². The minimum Gasteiger partial charge on any atom is -0.342 e. The molecule has 0 radical (unpaired) electrons. The number of piperidine rings is 1. The first kappa shape index (κ1) is 16.4. The van der Waals surface area contributed by atoms with Crippen LogP contribution in [0, 0.1) is 16.0 Å². The van der Waals surface area contributed by atoms with E-state index < -0.39 is 4.92 Å². The minimum absolute atomic E-state index is 0.0174. The van der Waals surface area contributed by atoms with Gasteiger partial charge in [0.05, 0.1) is 11.3 Å². The zero-order valence-electron chi connectivity index (χ0n) is 13.0. The molecule has 6 heteroatoms. The number of carbonyl (C=O) groups excluding carboxylic acids is 1. The molecule has 22 heavy (non-hydrogen) atoms. The summed E-state index contributed by atoms with van der Waals surface area (Å²) in [7, 11) is 0. The highest BCUT2D eigenvalue weighted by molar-refractivity contribution is 5.80. The summed E-state index contributed by atoms with van der Waals surface area (Å²) in [5.41, 5.74) is 0.519. The Morgan fingerprint density at radius 3 is 2.68 bits per heavy atom.